The minimum Gasteiger partial charge on any atom is -0.445 e. The van der Waals surface area contributed by atoms with E-state index in [1.54, 1.807) is 0 Å². The Balaban J connectivity index is 2.31. The van der Waals surface area contributed by atoms with Gasteiger partial charge in [-0.25, -0.2) is 19.2 Å². The van der Waals surface area contributed by atoms with Gasteiger partial charge >= 0.3 is 24.1 Å². The summed E-state index contributed by atoms with van der Waals surface area (Å²) in [4.78, 5) is 52.1. The number of nitrogens with zero attached hydrogens (tertiary/aromatic N) is 2. The third kappa shape index (κ3) is 7.68. The molecule has 2 heterocycles. The predicted octanol–water partition coefficient (Wildman–Crippen LogP) is 1.28. The van der Waals surface area contributed by atoms with Gasteiger partial charge in [0, 0.05) is 6.20 Å². The molecule has 0 unspecified atom stereocenters. The molecule has 14 nitrogen and oxygen atoms in total. The van der Waals surface area contributed by atoms with Gasteiger partial charge in [-0.2, -0.15) is 4.98 Å². The lowest BCUT2D eigenvalue weighted by Gasteiger charge is -2.23. The number of anilines is 1. The van der Waals surface area contributed by atoms with Crippen LogP contribution in [0.5, 0.6) is 0 Å². The molecule has 1 aliphatic rings. The molecule has 0 bridgehead atoms. The first-order valence-corrected chi connectivity index (χ1v) is 10.1. The maximum Gasteiger partial charge on any atom is 0.509 e. The molecule has 14 heteroatoms. The number of aromatic nitrogens is 2. The number of aliphatic hydroxyl groups is 1. The van der Waals surface area contributed by atoms with Crippen LogP contribution in [0.3, 0.4) is 0 Å². The van der Waals surface area contributed by atoms with E-state index >= 15 is 0 Å². The lowest BCUT2D eigenvalue weighted by atomic mass is 10.1. The summed E-state index contributed by atoms with van der Waals surface area (Å²) in [6.07, 6.45) is -3.55. The summed E-state index contributed by atoms with van der Waals surface area (Å²) >= 11 is 0. The highest BCUT2D eigenvalue weighted by molar-refractivity contribution is 5.83. The van der Waals surface area contributed by atoms with Crippen molar-refractivity contribution >= 4 is 24.2 Å². The fourth-order valence-corrected chi connectivity index (χ4v) is 2.84. The molecule has 0 aliphatic carbocycles. The lowest BCUT2D eigenvalue weighted by molar-refractivity contribution is -0.0657. The highest BCUT2D eigenvalue weighted by Crippen LogP contribution is 2.33. The highest BCUT2D eigenvalue weighted by atomic mass is 16.8. The van der Waals surface area contributed by atoms with Gasteiger partial charge in [-0.3, -0.25) is 9.88 Å². The van der Waals surface area contributed by atoms with Gasteiger partial charge in [-0.05, 0) is 6.07 Å². The first kappa shape index (κ1) is 27.1. The molecule has 2 rings (SSSR count). The second-order valence-corrected chi connectivity index (χ2v) is 6.63. The molecule has 1 aromatic heterocycles. The van der Waals surface area contributed by atoms with Crippen LogP contribution < -0.4 is 11.0 Å². The molecule has 4 atom stereocenters. The molecule has 0 radical (unpaired) electrons. The van der Waals surface area contributed by atoms with Crippen LogP contribution in [0.15, 0.2) is 55.0 Å². The Morgan fingerprint density at radius 2 is 1.60 bits per heavy atom. The van der Waals surface area contributed by atoms with Crippen molar-refractivity contribution in [3.8, 4) is 0 Å². The van der Waals surface area contributed by atoms with Crippen LogP contribution in [0, 0.1) is 0 Å². The van der Waals surface area contributed by atoms with E-state index in [1.807, 2.05) is 0 Å². The maximum absolute atomic E-state index is 12.7. The van der Waals surface area contributed by atoms with Crippen molar-refractivity contribution in [1.82, 2.24) is 9.55 Å². The van der Waals surface area contributed by atoms with Crippen LogP contribution >= 0.6 is 0 Å². The number of nitrogens with one attached hydrogen (secondary N) is 1. The summed E-state index contributed by atoms with van der Waals surface area (Å²) in [7, 11) is 0. The fraction of sp³-hybridized carbons (Fsp3) is 0.381. The Labute approximate surface area is 199 Å². The SMILES string of the molecule is C=CCOC(=O)Nc1ccn([C@@H]2O[C@H](CO)[C@@H](OC(=O)OCC=C)[C@H]2OC(=O)OCC=C)c(=O)n1. The van der Waals surface area contributed by atoms with Crippen LogP contribution in [-0.4, -0.2) is 77.8 Å². The van der Waals surface area contributed by atoms with Crippen molar-refractivity contribution in [3.63, 3.8) is 0 Å². The minimum atomic E-state index is -1.46. The van der Waals surface area contributed by atoms with E-state index in [2.05, 4.69) is 30.0 Å². The zero-order valence-electron chi connectivity index (χ0n) is 18.6. The molecule has 35 heavy (non-hydrogen) atoms. The zero-order chi connectivity index (χ0) is 25.8. The minimum absolute atomic E-state index is 0.0566. The second kappa shape index (κ2) is 13.5. The van der Waals surface area contributed by atoms with Gasteiger partial charge in [-0.15, -0.1) is 0 Å². The third-order valence-electron chi connectivity index (χ3n) is 4.23. The maximum atomic E-state index is 12.7. The van der Waals surface area contributed by atoms with Gasteiger partial charge < -0.3 is 33.5 Å². The van der Waals surface area contributed by atoms with E-state index in [1.165, 1.54) is 30.5 Å². The summed E-state index contributed by atoms with van der Waals surface area (Å²) in [6, 6.07) is 1.24. The average molecular weight is 495 g/mol. The molecule has 1 aliphatic heterocycles. The first-order chi connectivity index (χ1) is 16.8. The average Bonchev–Trinajstić information content (AvgIpc) is 3.16. The number of amides is 1. The molecule has 190 valence electrons. The fourth-order valence-electron chi connectivity index (χ4n) is 2.84. The Bertz CT molecular complexity index is 993. The van der Waals surface area contributed by atoms with Crippen molar-refractivity contribution in [1.29, 1.82) is 0 Å². The molecule has 1 saturated heterocycles. The van der Waals surface area contributed by atoms with Crippen molar-refractivity contribution in [3.05, 3.63) is 60.7 Å². The summed E-state index contributed by atoms with van der Waals surface area (Å²) < 4.78 is 31.3. The first-order valence-electron chi connectivity index (χ1n) is 10.1. The van der Waals surface area contributed by atoms with Gasteiger partial charge in [0.15, 0.2) is 18.4 Å². The Morgan fingerprint density at radius 1 is 1.03 bits per heavy atom. The number of aliphatic hydroxyl groups excluding tert-OH is 1. The van der Waals surface area contributed by atoms with Gasteiger partial charge in [0.05, 0.1) is 6.61 Å². The van der Waals surface area contributed by atoms with E-state index in [0.717, 1.165) is 4.57 Å². The summed E-state index contributed by atoms with van der Waals surface area (Å²) in [5.74, 6) is -0.138. The van der Waals surface area contributed by atoms with Crippen molar-refractivity contribution < 1.29 is 47.9 Å². The van der Waals surface area contributed by atoms with Crippen LogP contribution in [0.25, 0.3) is 0 Å². The number of hydrogen-bond acceptors (Lipinski definition) is 12. The monoisotopic (exact) mass is 495 g/mol. The topological polar surface area (TPSA) is 174 Å². The van der Waals surface area contributed by atoms with Gasteiger partial charge in [0.1, 0.15) is 31.7 Å². The number of carbonyl (C=O) groups is 3. The summed E-state index contributed by atoms with van der Waals surface area (Å²) in [6.45, 7) is 9.14. The number of ether oxygens (including phenoxy) is 6. The van der Waals surface area contributed by atoms with Crippen LogP contribution in [0.1, 0.15) is 6.23 Å². The van der Waals surface area contributed by atoms with E-state index in [0.29, 0.717) is 0 Å². The van der Waals surface area contributed by atoms with Crippen molar-refractivity contribution in [2.24, 2.45) is 0 Å². The Hall–Kier alpha value is -4.17. The standard InChI is InChI=1S/C21H25N3O11/c1-4-9-30-19(27)23-14-7-8-24(18(26)22-14)17-16(35-21(29)32-11-6-3)15(13(12-25)33-17)34-20(28)31-10-5-2/h4-8,13,15-17,25H,1-3,9-12H2,(H,22,23,26,27)/t13-,15-,16-,17-/m1/s1. The second-order valence-electron chi connectivity index (χ2n) is 6.63. The summed E-state index contributed by atoms with van der Waals surface area (Å²) in [5, 5.41) is 12.0. The zero-order valence-corrected chi connectivity index (χ0v) is 18.6. The molecular formula is C21H25N3O11. The highest BCUT2D eigenvalue weighted by Gasteiger charge is 2.51. The number of carbonyl (C=O) groups excluding carboxylic acids is 3. The quantitative estimate of drug-likeness (QED) is 0.256. The van der Waals surface area contributed by atoms with Crippen molar-refractivity contribution in [2.75, 3.05) is 31.7 Å². The normalized spacial score (nSPS) is 20.7. The van der Waals surface area contributed by atoms with E-state index in [4.69, 9.17) is 28.4 Å². The van der Waals surface area contributed by atoms with Crippen LogP contribution in [0.4, 0.5) is 20.2 Å². The molecule has 0 aromatic carbocycles. The van der Waals surface area contributed by atoms with Gasteiger partial charge in [0.2, 0.25) is 0 Å². The largest absolute Gasteiger partial charge is 0.509 e. The Morgan fingerprint density at radius 3 is 2.14 bits per heavy atom. The van der Waals surface area contributed by atoms with Crippen LogP contribution in [0.2, 0.25) is 0 Å². The van der Waals surface area contributed by atoms with E-state index in [-0.39, 0.29) is 25.6 Å². The molecule has 1 fully saturated rings. The van der Waals surface area contributed by atoms with E-state index < -0.39 is 55.2 Å². The Kier molecular flexibility index (Phi) is 10.5. The van der Waals surface area contributed by atoms with E-state index in [9.17, 15) is 24.3 Å². The lowest BCUT2D eigenvalue weighted by Crippen LogP contribution is -2.42. The van der Waals surface area contributed by atoms with Gasteiger partial charge in [0.25, 0.3) is 0 Å². The predicted molar refractivity (Wildman–Crippen MR) is 117 cm³/mol. The number of rotatable bonds is 11. The molecular weight excluding hydrogens is 470 g/mol. The third-order valence-corrected chi connectivity index (χ3v) is 4.23. The van der Waals surface area contributed by atoms with Crippen molar-refractivity contribution in [2.45, 2.75) is 24.5 Å². The molecule has 1 aromatic rings. The molecule has 1 amide bonds. The molecule has 0 spiro atoms. The molecule has 0 saturated carbocycles. The summed E-state index contributed by atoms with van der Waals surface area (Å²) in [5.41, 5.74) is -0.934. The molecule has 2 N–H and O–H groups in total. The number of hydrogen-bond donors (Lipinski definition) is 2. The smallest absolute Gasteiger partial charge is 0.445 e. The van der Waals surface area contributed by atoms with Gasteiger partial charge in [-0.1, -0.05) is 38.0 Å². The van der Waals surface area contributed by atoms with Crippen LogP contribution in [-0.2, 0) is 28.4 Å².